The first-order valence-electron chi connectivity index (χ1n) is 12.0. The van der Waals surface area contributed by atoms with Gasteiger partial charge in [-0.05, 0) is 30.0 Å². The van der Waals surface area contributed by atoms with Gasteiger partial charge < -0.3 is 24.7 Å². The topological polar surface area (TPSA) is 94.5 Å². The van der Waals surface area contributed by atoms with Gasteiger partial charge in [0.1, 0.15) is 5.69 Å². The van der Waals surface area contributed by atoms with E-state index in [1.807, 2.05) is 54.8 Å². The molecule has 2 amide bonds. The van der Waals surface area contributed by atoms with Crippen molar-refractivity contribution in [3.63, 3.8) is 0 Å². The van der Waals surface area contributed by atoms with Gasteiger partial charge in [0.15, 0.2) is 0 Å². The molecule has 0 unspecified atom stereocenters. The Balaban J connectivity index is 1.57. The van der Waals surface area contributed by atoms with Gasteiger partial charge in [0.25, 0.3) is 11.8 Å². The molecular weight excluding hydrogens is 444 g/mol. The van der Waals surface area contributed by atoms with E-state index in [4.69, 9.17) is 9.47 Å². The summed E-state index contributed by atoms with van der Waals surface area (Å²) in [6.45, 7) is 5.34. The molecule has 0 aliphatic carbocycles. The Bertz CT molecular complexity index is 1160. The number of hydrogen-bond donors (Lipinski definition) is 2. The van der Waals surface area contributed by atoms with Crippen LogP contribution in [-0.2, 0) is 17.9 Å². The van der Waals surface area contributed by atoms with E-state index in [1.165, 1.54) is 0 Å². The summed E-state index contributed by atoms with van der Waals surface area (Å²) in [6, 6.07) is 14.9. The van der Waals surface area contributed by atoms with Gasteiger partial charge in [-0.15, -0.1) is 0 Å². The molecule has 3 aromatic rings. The fraction of sp³-hybridized carbons (Fsp3) is 0.370. The monoisotopic (exact) mass is 476 g/mol. The molecule has 8 heteroatoms. The summed E-state index contributed by atoms with van der Waals surface area (Å²) >= 11 is 0. The van der Waals surface area contributed by atoms with Gasteiger partial charge in [0.05, 0.1) is 43.7 Å². The Morgan fingerprint density at radius 3 is 2.40 bits per heavy atom. The van der Waals surface area contributed by atoms with E-state index in [0.717, 1.165) is 23.2 Å². The van der Waals surface area contributed by atoms with Crippen molar-refractivity contribution in [2.45, 2.75) is 51.9 Å². The Morgan fingerprint density at radius 1 is 1.03 bits per heavy atom. The number of rotatable bonds is 9. The highest BCUT2D eigenvalue weighted by molar-refractivity contribution is 6.01. The van der Waals surface area contributed by atoms with E-state index < -0.39 is 0 Å². The molecule has 184 valence electrons. The van der Waals surface area contributed by atoms with Crippen LogP contribution in [0.3, 0.4) is 0 Å². The van der Waals surface area contributed by atoms with Gasteiger partial charge in [0, 0.05) is 18.8 Å². The highest BCUT2D eigenvalue weighted by Crippen LogP contribution is 2.25. The maximum atomic E-state index is 13.4. The molecule has 4 rings (SSSR count). The molecule has 0 bridgehead atoms. The quantitative estimate of drug-likeness (QED) is 0.483. The summed E-state index contributed by atoms with van der Waals surface area (Å²) in [4.78, 5) is 30.9. The van der Waals surface area contributed by atoms with E-state index in [-0.39, 0.29) is 30.5 Å². The number of nitrogens with one attached hydrogen (secondary N) is 2. The Labute approximate surface area is 205 Å². The number of carbonyl (C=O) groups excluding carboxylic acids is 2. The fourth-order valence-electron chi connectivity index (χ4n) is 4.42. The van der Waals surface area contributed by atoms with Crippen molar-refractivity contribution in [2.75, 3.05) is 13.7 Å². The molecule has 35 heavy (non-hydrogen) atoms. The van der Waals surface area contributed by atoms with E-state index in [0.29, 0.717) is 36.7 Å². The molecule has 3 heterocycles. The zero-order chi connectivity index (χ0) is 24.8. The second-order valence-electron chi connectivity index (χ2n) is 8.51. The average Bonchev–Trinajstić information content (AvgIpc) is 3.31. The smallest absolute Gasteiger partial charge is 0.268 e. The third-order valence-corrected chi connectivity index (χ3v) is 6.38. The second-order valence-corrected chi connectivity index (χ2v) is 8.51. The minimum atomic E-state index is -0.240. The predicted octanol–water partition coefficient (Wildman–Crippen LogP) is 4.18. The standard InChI is InChI=1S/C27H32N4O4/c1-4-21(18-9-7-6-8-10-18)30-27(33)23-15-20(24-17-35-14-13-31(23)24)26(32)29-22(5-2)19-11-12-25(34-3)28-16-19/h6-12,15-16,21-22H,4-5,13-14,17H2,1-3H3,(H,29,32)(H,30,33)/t21-,22-/m1/s1. The van der Waals surface area contributed by atoms with Crippen LogP contribution in [-0.4, -0.2) is 35.1 Å². The van der Waals surface area contributed by atoms with Gasteiger partial charge in [-0.3, -0.25) is 9.59 Å². The number of amides is 2. The molecule has 0 fully saturated rings. The van der Waals surface area contributed by atoms with Crippen LogP contribution in [0.5, 0.6) is 5.88 Å². The Kier molecular flexibility index (Phi) is 7.82. The van der Waals surface area contributed by atoms with Gasteiger partial charge in [0.2, 0.25) is 5.88 Å². The molecular formula is C27H32N4O4. The number of methoxy groups -OCH3 is 1. The summed E-state index contributed by atoms with van der Waals surface area (Å²) in [7, 11) is 1.57. The van der Waals surface area contributed by atoms with Crippen molar-refractivity contribution in [2.24, 2.45) is 0 Å². The number of aromatic nitrogens is 2. The minimum Gasteiger partial charge on any atom is -0.481 e. The van der Waals surface area contributed by atoms with E-state index >= 15 is 0 Å². The number of nitrogens with zero attached hydrogens (tertiary/aromatic N) is 2. The third-order valence-electron chi connectivity index (χ3n) is 6.38. The number of ether oxygens (including phenoxy) is 2. The number of pyridine rings is 1. The first-order chi connectivity index (χ1) is 17.0. The van der Waals surface area contributed by atoms with E-state index in [1.54, 1.807) is 25.4 Å². The highest BCUT2D eigenvalue weighted by Gasteiger charge is 2.28. The summed E-state index contributed by atoms with van der Waals surface area (Å²) in [5.41, 5.74) is 3.59. The lowest BCUT2D eigenvalue weighted by Crippen LogP contribution is -2.31. The third kappa shape index (κ3) is 5.38. The van der Waals surface area contributed by atoms with Crippen LogP contribution in [0.25, 0.3) is 0 Å². The molecule has 0 saturated carbocycles. The van der Waals surface area contributed by atoms with Gasteiger partial charge in [-0.25, -0.2) is 4.98 Å². The number of benzene rings is 1. The van der Waals surface area contributed by atoms with Gasteiger partial charge in [-0.1, -0.05) is 50.2 Å². The van der Waals surface area contributed by atoms with E-state index in [9.17, 15) is 9.59 Å². The second kappa shape index (κ2) is 11.2. The maximum Gasteiger partial charge on any atom is 0.268 e. The molecule has 1 aliphatic heterocycles. The lowest BCUT2D eigenvalue weighted by atomic mass is 10.0. The van der Waals surface area contributed by atoms with Gasteiger partial charge in [-0.2, -0.15) is 0 Å². The first-order valence-corrected chi connectivity index (χ1v) is 12.0. The summed E-state index contributed by atoms with van der Waals surface area (Å²) < 4.78 is 12.7. The molecule has 2 N–H and O–H groups in total. The van der Waals surface area contributed by atoms with Crippen LogP contribution in [0.1, 0.15) is 76.4 Å². The van der Waals surface area contributed by atoms with Crippen LogP contribution < -0.4 is 15.4 Å². The normalized spacial score (nSPS) is 14.5. The Morgan fingerprint density at radius 2 is 1.74 bits per heavy atom. The number of carbonyl (C=O) groups is 2. The average molecular weight is 477 g/mol. The SMILES string of the molecule is CC[C@@H](NC(=O)c1cc(C(=O)N[C@H](CC)c2ccccc2)n2c1COCC2)c1ccc(OC)nc1. The zero-order valence-electron chi connectivity index (χ0n) is 20.4. The van der Waals surface area contributed by atoms with E-state index in [2.05, 4.69) is 15.6 Å². The van der Waals surface area contributed by atoms with Crippen molar-refractivity contribution in [3.8, 4) is 5.88 Å². The van der Waals surface area contributed by atoms with Crippen LogP contribution in [0.4, 0.5) is 0 Å². The largest absolute Gasteiger partial charge is 0.481 e. The van der Waals surface area contributed by atoms with Crippen LogP contribution in [0.15, 0.2) is 54.7 Å². The molecule has 0 spiro atoms. The lowest BCUT2D eigenvalue weighted by molar-refractivity contribution is 0.0773. The summed E-state index contributed by atoms with van der Waals surface area (Å²) in [6.07, 6.45) is 3.15. The molecule has 2 aromatic heterocycles. The summed E-state index contributed by atoms with van der Waals surface area (Å²) in [5, 5.41) is 6.23. The molecule has 0 radical (unpaired) electrons. The number of fused-ring (bicyclic) bond motifs is 1. The molecule has 1 aromatic carbocycles. The first kappa shape index (κ1) is 24.5. The van der Waals surface area contributed by atoms with Crippen LogP contribution in [0, 0.1) is 0 Å². The fourth-order valence-corrected chi connectivity index (χ4v) is 4.42. The molecule has 0 saturated heterocycles. The maximum absolute atomic E-state index is 13.4. The Hall–Kier alpha value is -3.65. The molecule has 2 atom stereocenters. The van der Waals surface area contributed by atoms with Crippen molar-refractivity contribution in [3.05, 3.63) is 82.8 Å². The van der Waals surface area contributed by atoms with Crippen LogP contribution in [0.2, 0.25) is 0 Å². The van der Waals surface area contributed by atoms with Crippen LogP contribution >= 0.6 is 0 Å². The highest BCUT2D eigenvalue weighted by atomic mass is 16.5. The lowest BCUT2D eigenvalue weighted by Gasteiger charge is -2.22. The zero-order valence-corrected chi connectivity index (χ0v) is 20.4. The van der Waals surface area contributed by atoms with Crippen molar-refractivity contribution >= 4 is 11.8 Å². The molecule has 8 nitrogen and oxygen atoms in total. The predicted molar refractivity (Wildman–Crippen MR) is 132 cm³/mol. The summed E-state index contributed by atoms with van der Waals surface area (Å²) in [5.74, 6) is 0.0792. The van der Waals surface area contributed by atoms with Crippen molar-refractivity contribution < 1.29 is 19.1 Å². The number of hydrogen-bond acceptors (Lipinski definition) is 5. The van der Waals surface area contributed by atoms with Gasteiger partial charge >= 0.3 is 0 Å². The van der Waals surface area contributed by atoms with Crippen molar-refractivity contribution in [1.29, 1.82) is 0 Å². The minimum absolute atomic E-state index is 0.112. The van der Waals surface area contributed by atoms with Crippen molar-refractivity contribution in [1.82, 2.24) is 20.2 Å². The molecule has 1 aliphatic rings.